The van der Waals surface area contributed by atoms with Crippen LogP contribution in [0.25, 0.3) is 11.0 Å². The fraction of sp³-hybridized carbons (Fsp3) is 0.333. The van der Waals surface area contributed by atoms with Gasteiger partial charge in [0, 0.05) is 30.1 Å². The van der Waals surface area contributed by atoms with Crippen LogP contribution in [0, 0.1) is 0 Å². The molecule has 0 aliphatic rings. The molecule has 7 heteroatoms. The number of carbonyl (C=O) groups excluding carboxylic acids is 1. The lowest BCUT2D eigenvalue weighted by Gasteiger charge is -2.20. The van der Waals surface area contributed by atoms with E-state index in [-0.39, 0.29) is 11.9 Å². The highest BCUT2D eigenvalue weighted by Crippen LogP contribution is 2.28. The van der Waals surface area contributed by atoms with Crippen molar-refractivity contribution in [2.75, 3.05) is 20.3 Å². The first-order chi connectivity index (χ1) is 13.5. The van der Waals surface area contributed by atoms with Crippen molar-refractivity contribution in [3.05, 3.63) is 63.9 Å². The fourth-order valence-electron chi connectivity index (χ4n) is 3.28. The molecule has 3 aromatic rings. The molecule has 0 spiro atoms. The van der Waals surface area contributed by atoms with Crippen LogP contribution in [0.5, 0.6) is 0 Å². The Morgan fingerprint density at radius 2 is 2.04 bits per heavy atom. The van der Waals surface area contributed by atoms with Crippen molar-refractivity contribution < 1.29 is 9.53 Å². The van der Waals surface area contributed by atoms with Gasteiger partial charge in [0.2, 0.25) is 5.91 Å². The number of fused-ring (bicyclic) bond motifs is 1. The van der Waals surface area contributed by atoms with Gasteiger partial charge in [-0.15, -0.1) is 0 Å². The van der Waals surface area contributed by atoms with Crippen LogP contribution in [-0.4, -0.2) is 35.7 Å². The average Bonchev–Trinajstić information content (AvgIpc) is 3.03. The lowest BCUT2D eigenvalue weighted by Crippen LogP contribution is -2.35. The van der Waals surface area contributed by atoms with E-state index in [2.05, 4.69) is 5.32 Å². The Morgan fingerprint density at radius 3 is 2.75 bits per heavy atom. The van der Waals surface area contributed by atoms with Gasteiger partial charge >= 0.3 is 0 Å². The zero-order valence-electron chi connectivity index (χ0n) is 15.9. The largest absolute Gasteiger partial charge is 0.383 e. The van der Waals surface area contributed by atoms with E-state index in [4.69, 9.17) is 32.9 Å². The number of hydrogen-bond donors (Lipinski definition) is 1. The lowest BCUT2D eigenvalue weighted by molar-refractivity contribution is -0.124. The SMILES string of the molecule is CCC(C(=O)NCCOC)n1c(Cc2ccc(Cl)cc2Cl)nc2ccccc21. The molecule has 1 amide bonds. The first kappa shape index (κ1) is 20.6. The summed E-state index contributed by atoms with van der Waals surface area (Å²) in [6.07, 6.45) is 1.15. The topological polar surface area (TPSA) is 56.1 Å². The number of nitrogens with zero attached hydrogens (tertiary/aromatic N) is 2. The minimum absolute atomic E-state index is 0.0499. The molecule has 0 aliphatic carbocycles. The van der Waals surface area contributed by atoms with E-state index in [1.54, 1.807) is 13.2 Å². The number of aromatic nitrogens is 2. The van der Waals surface area contributed by atoms with Crippen LogP contribution in [0.1, 0.15) is 30.8 Å². The predicted molar refractivity (Wildman–Crippen MR) is 113 cm³/mol. The van der Waals surface area contributed by atoms with E-state index in [0.717, 1.165) is 22.4 Å². The van der Waals surface area contributed by atoms with Crippen molar-refractivity contribution in [1.82, 2.24) is 14.9 Å². The molecule has 0 saturated heterocycles. The van der Waals surface area contributed by atoms with Gasteiger partial charge in [0.25, 0.3) is 0 Å². The molecule has 1 heterocycles. The lowest BCUT2D eigenvalue weighted by atomic mass is 10.1. The van der Waals surface area contributed by atoms with Crippen molar-refractivity contribution >= 4 is 40.1 Å². The molecule has 1 unspecified atom stereocenters. The average molecular weight is 420 g/mol. The maximum Gasteiger partial charge on any atom is 0.243 e. The van der Waals surface area contributed by atoms with E-state index in [1.165, 1.54) is 0 Å². The molecule has 1 atom stereocenters. The van der Waals surface area contributed by atoms with Crippen LogP contribution >= 0.6 is 23.2 Å². The van der Waals surface area contributed by atoms with E-state index < -0.39 is 0 Å². The van der Waals surface area contributed by atoms with Crippen LogP contribution in [0.15, 0.2) is 42.5 Å². The second kappa shape index (κ2) is 9.41. The number of rotatable bonds is 8. The Kier molecular flexibility index (Phi) is 6.94. The van der Waals surface area contributed by atoms with Crippen molar-refractivity contribution in [2.45, 2.75) is 25.8 Å². The summed E-state index contributed by atoms with van der Waals surface area (Å²) in [6.45, 7) is 2.94. The number of imidazole rings is 1. The van der Waals surface area contributed by atoms with Gasteiger partial charge in [0.05, 0.1) is 17.6 Å². The van der Waals surface area contributed by atoms with Crippen LogP contribution in [0.4, 0.5) is 0 Å². The molecule has 1 aromatic heterocycles. The van der Waals surface area contributed by atoms with E-state index in [9.17, 15) is 4.79 Å². The molecule has 1 N–H and O–H groups in total. The molecule has 28 heavy (non-hydrogen) atoms. The van der Waals surface area contributed by atoms with Gasteiger partial charge in [-0.25, -0.2) is 4.98 Å². The number of carbonyl (C=O) groups is 1. The molecule has 5 nitrogen and oxygen atoms in total. The van der Waals surface area contributed by atoms with Gasteiger partial charge in [-0.1, -0.05) is 48.3 Å². The van der Waals surface area contributed by atoms with E-state index in [1.807, 2.05) is 47.9 Å². The smallest absolute Gasteiger partial charge is 0.243 e. The second-order valence-electron chi connectivity index (χ2n) is 6.51. The molecule has 0 bridgehead atoms. The normalized spacial score (nSPS) is 12.3. The zero-order valence-corrected chi connectivity index (χ0v) is 17.4. The summed E-state index contributed by atoms with van der Waals surface area (Å²) in [5, 5.41) is 4.12. The number of benzene rings is 2. The van der Waals surface area contributed by atoms with Gasteiger partial charge in [-0.3, -0.25) is 4.79 Å². The monoisotopic (exact) mass is 419 g/mol. The molecule has 0 aliphatic heterocycles. The summed E-state index contributed by atoms with van der Waals surface area (Å²) >= 11 is 12.4. The van der Waals surface area contributed by atoms with Crippen molar-refractivity contribution in [2.24, 2.45) is 0 Å². The molecule has 0 fully saturated rings. The zero-order chi connectivity index (χ0) is 20.1. The summed E-state index contributed by atoms with van der Waals surface area (Å²) in [4.78, 5) is 17.6. The van der Waals surface area contributed by atoms with Gasteiger partial charge < -0.3 is 14.6 Å². The molecule has 148 valence electrons. The number of ether oxygens (including phenoxy) is 1. The third-order valence-corrected chi connectivity index (χ3v) is 5.23. The number of methoxy groups -OCH3 is 1. The van der Waals surface area contributed by atoms with Crippen molar-refractivity contribution in [3.63, 3.8) is 0 Å². The first-order valence-electron chi connectivity index (χ1n) is 9.21. The molecule has 0 radical (unpaired) electrons. The number of hydrogen-bond acceptors (Lipinski definition) is 3. The Balaban J connectivity index is 2.01. The van der Waals surface area contributed by atoms with Gasteiger partial charge in [0.1, 0.15) is 11.9 Å². The molecule has 3 rings (SSSR count). The summed E-state index contributed by atoms with van der Waals surface area (Å²) < 4.78 is 7.05. The first-order valence-corrected chi connectivity index (χ1v) is 9.97. The highest BCUT2D eigenvalue weighted by molar-refractivity contribution is 6.35. The summed E-state index contributed by atoms with van der Waals surface area (Å²) in [5.41, 5.74) is 2.69. The minimum atomic E-state index is -0.370. The van der Waals surface area contributed by atoms with Gasteiger partial charge in [-0.2, -0.15) is 0 Å². The third-order valence-electron chi connectivity index (χ3n) is 4.64. The molecular weight excluding hydrogens is 397 g/mol. The maximum atomic E-state index is 12.8. The quantitative estimate of drug-likeness (QED) is 0.540. The van der Waals surface area contributed by atoms with Crippen LogP contribution < -0.4 is 5.32 Å². The molecular formula is C21H23Cl2N3O2. The third kappa shape index (κ3) is 4.49. The van der Waals surface area contributed by atoms with Gasteiger partial charge in [-0.05, 0) is 36.2 Å². The number of amides is 1. The minimum Gasteiger partial charge on any atom is -0.383 e. The standard InChI is InChI=1S/C21H23Cl2N3O2/c1-3-18(21(27)24-10-11-28-2)26-19-7-5-4-6-17(19)25-20(26)12-14-8-9-15(22)13-16(14)23/h4-9,13,18H,3,10-12H2,1-2H3,(H,24,27). The Bertz CT molecular complexity index is 971. The maximum absolute atomic E-state index is 12.8. The van der Waals surface area contributed by atoms with E-state index in [0.29, 0.717) is 36.0 Å². The fourth-order valence-corrected chi connectivity index (χ4v) is 3.76. The second-order valence-corrected chi connectivity index (χ2v) is 7.35. The number of nitrogens with one attached hydrogen (secondary N) is 1. The van der Waals surface area contributed by atoms with Crippen molar-refractivity contribution in [1.29, 1.82) is 0 Å². The Morgan fingerprint density at radius 1 is 1.25 bits per heavy atom. The highest BCUT2D eigenvalue weighted by Gasteiger charge is 2.24. The Labute approximate surface area is 174 Å². The summed E-state index contributed by atoms with van der Waals surface area (Å²) in [5.74, 6) is 0.741. The summed E-state index contributed by atoms with van der Waals surface area (Å²) in [7, 11) is 1.61. The van der Waals surface area contributed by atoms with Crippen LogP contribution in [0.3, 0.4) is 0 Å². The van der Waals surface area contributed by atoms with Crippen LogP contribution in [-0.2, 0) is 16.0 Å². The number of para-hydroxylation sites is 2. The molecule has 0 saturated carbocycles. The van der Waals surface area contributed by atoms with Crippen molar-refractivity contribution in [3.8, 4) is 0 Å². The summed E-state index contributed by atoms with van der Waals surface area (Å²) in [6, 6.07) is 12.9. The van der Waals surface area contributed by atoms with E-state index >= 15 is 0 Å². The number of halogens is 2. The van der Waals surface area contributed by atoms with Crippen LogP contribution in [0.2, 0.25) is 10.0 Å². The Hall–Kier alpha value is -2.08. The molecule has 2 aromatic carbocycles. The highest BCUT2D eigenvalue weighted by atomic mass is 35.5. The predicted octanol–water partition coefficient (Wildman–Crippen LogP) is 4.65. The van der Waals surface area contributed by atoms with Gasteiger partial charge in [0.15, 0.2) is 0 Å².